The molecule has 16 heavy (non-hydrogen) atoms. The van der Waals surface area contributed by atoms with Crippen LogP contribution in [0.25, 0.3) is 0 Å². The largest absolute Gasteiger partial charge is 0.480 e. The molecule has 0 atom stereocenters. The van der Waals surface area contributed by atoms with Gasteiger partial charge in [-0.3, -0.25) is 9.59 Å². The highest BCUT2D eigenvalue weighted by Gasteiger charge is 2.56. The third-order valence-corrected chi connectivity index (χ3v) is 3.18. The summed E-state index contributed by atoms with van der Waals surface area (Å²) in [5.74, 6) is -0.664. The van der Waals surface area contributed by atoms with Crippen LogP contribution in [0.5, 0.6) is 0 Å². The quantitative estimate of drug-likeness (QED) is 0.487. The first-order valence-corrected chi connectivity index (χ1v) is 5.74. The molecule has 2 aliphatic rings. The molecule has 0 aromatic rings. The fraction of sp³-hybridized carbons (Fsp3) is 0.818. The van der Waals surface area contributed by atoms with Gasteiger partial charge in [-0.15, -0.1) is 0 Å². The molecule has 0 saturated heterocycles. The van der Waals surface area contributed by atoms with Crippen LogP contribution < -0.4 is 5.32 Å². The summed E-state index contributed by atoms with van der Waals surface area (Å²) in [6.07, 6.45) is 3.40. The molecule has 1 amide bonds. The van der Waals surface area contributed by atoms with Gasteiger partial charge in [0.2, 0.25) is 5.91 Å². The third kappa shape index (κ3) is 2.52. The molecule has 2 aliphatic carbocycles. The molecule has 2 fully saturated rings. The third-order valence-electron chi connectivity index (χ3n) is 3.18. The van der Waals surface area contributed by atoms with Gasteiger partial charge in [-0.25, -0.2) is 0 Å². The van der Waals surface area contributed by atoms with Gasteiger partial charge >= 0.3 is 5.97 Å². The highest BCUT2D eigenvalue weighted by Crippen LogP contribution is 2.45. The van der Waals surface area contributed by atoms with E-state index < -0.39 is 11.4 Å². The fourth-order valence-electron chi connectivity index (χ4n) is 1.60. The molecular weight excluding hydrogens is 210 g/mol. The molecule has 0 spiro atoms. The predicted octanol–water partition coefficient (Wildman–Crippen LogP) is 0.394. The van der Waals surface area contributed by atoms with Gasteiger partial charge in [-0.1, -0.05) is 0 Å². The summed E-state index contributed by atoms with van der Waals surface area (Å²) in [6.45, 7) is 1.64. The summed E-state index contributed by atoms with van der Waals surface area (Å²) in [7, 11) is 0. The Balaban J connectivity index is 1.58. The Morgan fingerprint density at radius 2 is 2.06 bits per heavy atom. The van der Waals surface area contributed by atoms with E-state index >= 15 is 0 Å². The van der Waals surface area contributed by atoms with Crippen molar-refractivity contribution in [3.8, 4) is 0 Å². The zero-order chi connectivity index (χ0) is 11.6. The monoisotopic (exact) mass is 227 g/mol. The van der Waals surface area contributed by atoms with Crippen molar-refractivity contribution in [3.63, 3.8) is 0 Å². The maximum Gasteiger partial charge on any atom is 0.319 e. The highest BCUT2D eigenvalue weighted by atomic mass is 16.5. The second kappa shape index (κ2) is 4.41. The van der Waals surface area contributed by atoms with Gasteiger partial charge < -0.3 is 15.2 Å². The number of amides is 1. The Morgan fingerprint density at radius 3 is 2.56 bits per heavy atom. The van der Waals surface area contributed by atoms with Gasteiger partial charge in [-0.2, -0.15) is 0 Å². The molecule has 5 heteroatoms. The first kappa shape index (κ1) is 11.4. The zero-order valence-corrected chi connectivity index (χ0v) is 9.20. The van der Waals surface area contributed by atoms with E-state index in [0.29, 0.717) is 31.9 Å². The van der Waals surface area contributed by atoms with Crippen molar-refractivity contribution in [3.05, 3.63) is 0 Å². The van der Waals surface area contributed by atoms with Crippen LogP contribution in [0.1, 0.15) is 25.7 Å². The van der Waals surface area contributed by atoms with Gasteiger partial charge in [-0.05, 0) is 31.6 Å². The Bertz CT molecular complexity index is 294. The average molecular weight is 227 g/mol. The second-order valence-corrected chi connectivity index (χ2v) is 4.66. The number of carbonyl (C=O) groups is 2. The molecule has 2 rings (SSSR count). The van der Waals surface area contributed by atoms with Crippen LogP contribution in [0.3, 0.4) is 0 Å². The van der Waals surface area contributed by atoms with Crippen LogP contribution in [-0.4, -0.2) is 36.7 Å². The average Bonchev–Trinajstić information content (AvgIpc) is 3.11. The number of carboxylic acids is 1. The molecular formula is C11H17NO4. The minimum Gasteiger partial charge on any atom is -0.480 e. The van der Waals surface area contributed by atoms with Crippen LogP contribution in [0, 0.1) is 11.3 Å². The van der Waals surface area contributed by atoms with Crippen molar-refractivity contribution in [2.45, 2.75) is 25.7 Å². The fourth-order valence-corrected chi connectivity index (χ4v) is 1.60. The predicted molar refractivity (Wildman–Crippen MR) is 55.9 cm³/mol. The molecule has 0 radical (unpaired) electrons. The van der Waals surface area contributed by atoms with E-state index in [4.69, 9.17) is 9.84 Å². The van der Waals surface area contributed by atoms with Crippen LogP contribution in [-0.2, 0) is 14.3 Å². The van der Waals surface area contributed by atoms with Gasteiger partial charge in [0.25, 0.3) is 0 Å². The van der Waals surface area contributed by atoms with Gasteiger partial charge in [0.15, 0.2) is 0 Å². The molecule has 0 heterocycles. The first-order valence-electron chi connectivity index (χ1n) is 5.74. The molecule has 5 nitrogen and oxygen atoms in total. The molecule has 0 aromatic carbocycles. The summed E-state index contributed by atoms with van der Waals surface area (Å²) < 4.78 is 5.34. The van der Waals surface area contributed by atoms with E-state index in [-0.39, 0.29) is 5.91 Å². The van der Waals surface area contributed by atoms with Crippen LogP contribution in [0.2, 0.25) is 0 Å². The number of carboxylic acid groups (broad SMARTS) is 1. The van der Waals surface area contributed by atoms with Crippen LogP contribution in [0.4, 0.5) is 0 Å². The minimum absolute atomic E-state index is 0.366. The molecule has 2 saturated carbocycles. The lowest BCUT2D eigenvalue weighted by Gasteiger charge is -2.10. The van der Waals surface area contributed by atoms with E-state index in [1.54, 1.807) is 0 Å². The Morgan fingerprint density at radius 1 is 1.38 bits per heavy atom. The van der Waals surface area contributed by atoms with Crippen molar-refractivity contribution in [1.82, 2.24) is 5.32 Å². The Labute approximate surface area is 94.2 Å². The number of aliphatic carboxylic acids is 1. The summed E-state index contributed by atoms with van der Waals surface area (Å²) in [6, 6.07) is 0. The van der Waals surface area contributed by atoms with Crippen molar-refractivity contribution in [1.29, 1.82) is 0 Å². The summed E-state index contributed by atoms with van der Waals surface area (Å²) in [5.41, 5.74) is -1.13. The molecule has 0 aliphatic heterocycles. The lowest BCUT2D eigenvalue weighted by atomic mass is 10.1. The topological polar surface area (TPSA) is 75.6 Å². The van der Waals surface area contributed by atoms with Crippen LogP contribution >= 0.6 is 0 Å². The number of hydrogen-bond acceptors (Lipinski definition) is 3. The molecule has 90 valence electrons. The van der Waals surface area contributed by atoms with E-state index in [1.807, 2.05) is 0 Å². The lowest BCUT2D eigenvalue weighted by molar-refractivity contribution is -0.149. The van der Waals surface area contributed by atoms with Crippen molar-refractivity contribution >= 4 is 11.9 Å². The van der Waals surface area contributed by atoms with Crippen molar-refractivity contribution in [2.24, 2.45) is 11.3 Å². The van der Waals surface area contributed by atoms with Crippen molar-refractivity contribution < 1.29 is 19.4 Å². The number of carbonyl (C=O) groups excluding carboxylic acids is 1. The first-order chi connectivity index (χ1) is 7.65. The smallest absolute Gasteiger partial charge is 0.319 e. The summed E-state index contributed by atoms with van der Waals surface area (Å²) in [4.78, 5) is 22.3. The lowest BCUT2D eigenvalue weighted by Crippen LogP contribution is -2.38. The van der Waals surface area contributed by atoms with Gasteiger partial charge in [0.05, 0.1) is 6.61 Å². The molecule has 0 bridgehead atoms. The van der Waals surface area contributed by atoms with Gasteiger partial charge in [0, 0.05) is 13.2 Å². The maximum atomic E-state index is 11.5. The highest BCUT2D eigenvalue weighted by molar-refractivity contribution is 6.04. The minimum atomic E-state index is -1.13. The molecule has 0 unspecified atom stereocenters. The normalized spacial score (nSPS) is 21.5. The summed E-state index contributed by atoms with van der Waals surface area (Å²) in [5, 5.41) is 11.5. The zero-order valence-electron chi connectivity index (χ0n) is 9.20. The van der Waals surface area contributed by atoms with Gasteiger partial charge in [0.1, 0.15) is 5.41 Å². The number of ether oxygens (including phenoxy) is 1. The van der Waals surface area contributed by atoms with Crippen molar-refractivity contribution in [2.75, 3.05) is 19.8 Å². The maximum absolute atomic E-state index is 11.5. The van der Waals surface area contributed by atoms with Crippen LogP contribution in [0.15, 0.2) is 0 Å². The number of rotatable bonds is 7. The molecule has 0 aromatic heterocycles. The van der Waals surface area contributed by atoms with E-state index in [0.717, 1.165) is 6.61 Å². The Hall–Kier alpha value is -1.10. The second-order valence-electron chi connectivity index (χ2n) is 4.66. The number of nitrogens with one attached hydrogen (secondary N) is 1. The van der Waals surface area contributed by atoms with E-state index in [2.05, 4.69) is 5.32 Å². The van der Waals surface area contributed by atoms with E-state index in [9.17, 15) is 9.59 Å². The Kier molecular flexibility index (Phi) is 3.14. The molecule has 2 N–H and O–H groups in total. The number of hydrogen-bond donors (Lipinski definition) is 2. The SMILES string of the molecule is O=C(O)C1(C(=O)NCCOCC2CC2)CC1. The standard InChI is InChI=1S/C11H17NO4/c13-9(11(3-4-11)10(14)15)12-5-6-16-7-8-1-2-8/h8H,1-7H2,(H,12,13)(H,14,15). The summed E-state index contributed by atoms with van der Waals surface area (Å²) >= 11 is 0. The van der Waals surface area contributed by atoms with E-state index in [1.165, 1.54) is 12.8 Å².